The second kappa shape index (κ2) is 7.65. The number of nitriles is 1. The number of rotatable bonds is 5. The minimum absolute atomic E-state index is 0.0296. The van der Waals surface area contributed by atoms with E-state index in [1.54, 1.807) is 18.2 Å². The van der Waals surface area contributed by atoms with Gasteiger partial charge < -0.3 is 15.7 Å². The topological polar surface area (TPSA) is 85.2 Å². The average Bonchev–Trinajstić information content (AvgIpc) is 2.43. The molecule has 0 aliphatic rings. The number of amides is 2. The average molecular weight is 289 g/mol. The Kier molecular flexibility index (Phi) is 6.19. The quantitative estimate of drug-likeness (QED) is 0.776. The first-order valence-corrected chi connectivity index (χ1v) is 6.98. The van der Waals surface area contributed by atoms with Crippen molar-refractivity contribution < 1.29 is 9.90 Å². The fourth-order valence-corrected chi connectivity index (χ4v) is 2.07. The number of nitrogens with zero attached hydrogens (tertiary/aromatic N) is 1. The molecule has 0 aromatic heterocycles. The van der Waals surface area contributed by atoms with E-state index in [1.807, 2.05) is 6.07 Å². The summed E-state index contributed by atoms with van der Waals surface area (Å²) in [5, 5.41) is 23.6. The van der Waals surface area contributed by atoms with Crippen LogP contribution in [0.1, 0.15) is 38.3 Å². The first-order valence-electron chi connectivity index (χ1n) is 6.98. The van der Waals surface area contributed by atoms with Gasteiger partial charge in [-0.15, -0.1) is 0 Å². The molecule has 3 N–H and O–H groups in total. The third kappa shape index (κ3) is 6.77. The molecule has 0 saturated carbocycles. The first-order chi connectivity index (χ1) is 9.84. The van der Waals surface area contributed by atoms with Crippen LogP contribution >= 0.6 is 0 Å². The molecule has 1 rings (SSSR count). The molecule has 0 heterocycles. The van der Waals surface area contributed by atoms with Crippen molar-refractivity contribution in [2.75, 3.05) is 6.61 Å². The van der Waals surface area contributed by atoms with Crippen molar-refractivity contribution in [2.24, 2.45) is 5.41 Å². The summed E-state index contributed by atoms with van der Waals surface area (Å²) >= 11 is 0. The Hall–Kier alpha value is -2.06. The van der Waals surface area contributed by atoms with Crippen molar-refractivity contribution in [1.82, 2.24) is 10.6 Å². The summed E-state index contributed by atoms with van der Waals surface area (Å²) in [5.41, 5.74) is 1.46. The van der Waals surface area contributed by atoms with E-state index in [-0.39, 0.29) is 24.1 Å². The van der Waals surface area contributed by atoms with Gasteiger partial charge in [-0.3, -0.25) is 0 Å². The molecule has 1 aromatic rings. The van der Waals surface area contributed by atoms with E-state index < -0.39 is 0 Å². The highest BCUT2D eigenvalue weighted by Gasteiger charge is 2.19. The van der Waals surface area contributed by atoms with Gasteiger partial charge in [0.2, 0.25) is 0 Å². The predicted octanol–water partition coefficient (Wildman–Crippen LogP) is 2.15. The lowest BCUT2D eigenvalue weighted by molar-refractivity contribution is 0.191. The number of benzene rings is 1. The second-order valence-corrected chi connectivity index (χ2v) is 6.28. The number of carbonyl (C=O) groups is 1. The van der Waals surface area contributed by atoms with Crippen molar-refractivity contribution >= 4 is 6.03 Å². The number of hydrogen-bond acceptors (Lipinski definition) is 3. The van der Waals surface area contributed by atoms with Crippen LogP contribution in [0.25, 0.3) is 0 Å². The van der Waals surface area contributed by atoms with E-state index in [4.69, 9.17) is 5.26 Å². The number of aliphatic hydroxyl groups excluding tert-OH is 1. The second-order valence-electron chi connectivity index (χ2n) is 6.28. The molecule has 0 aliphatic carbocycles. The van der Waals surface area contributed by atoms with E-state index in [9.17, 15) is 9.90 Å². The molecule has 0 aliphatic heterocycles. The van der Waals surface area contributed by atoms with Crippen molar-refractivity contribution in [3.8, 4) is 6.07 Å². The minimum Gasteiger partial charge on any atom is -0.394 e. The van der Waals surface area contributed by atoms with Crippen molar-refractivity contribution in [3.05, 3.63) is 35.4 Å². The van der Waals surface area contributed by atoms with Crippen LogP contribution in [-0.4, -0.2) is 23.8 Å². The molecule has 0 saturated heterocycles. The van der Waals surface area contributed by atoms with E-state index in [0.29, 0.717) is 18.5 Å². The highest BCUT2D eigenvalue weighted by molar-refractivity contribution is 5.74. The standard InChI is InChI=1S/C16H23N3O2/c1-16(2,3)8-14(11-20)19-15(21)18-10-13-6-4-5-12(7-13)9-17/h4-7,14,20H,8,10-11H2,1-3H3,(H2,18,19,21). The largest absolute Gasteiger partial charge is 0.394 e. The van der Waals surface area contributed by atoms with Gasteiger partial charge in [-0.25, -0.2) is 4.79 Å². The lowest BCUT2D eigenvalue weighted by atomic mass is 9.88. The SMILES string of the molecule is CC(C)(C)CC(CO)NC(=O)NCc1cccc(C#N)c1. The zero-order chi connectivity index (χ0) is 15.9. The summed E-state index contributed by atoms with van der Waals surface area (Å²) in [5.74, 6) is 0. The van der Waals surface area contributed by atoms with Crippen LogP contribution in [0, 0.1) is 16.7 Å². The molecule has 0 fully saturated rings. The van der Waals surface area contributed by atoms with Gasteiger partial charge in [0.05, 0.1) is 24.3 Å². The smallest absolute Gasteiger partial charge is 0.315 e. The Morgan fingerprint density at radius 1 is 1.43 bits per heavy atom. The van der Waals surface area contributed by atoms with E-state index >= 15 is 0 Å². The number of aliphatic hydroxyl groups is 1. The summed E-state index contributed by atoms with van der Waals surface area (Å²) in [7, 11) is 0. The molecule has 1 unspecified atom stereocenters. The highest BCUT2D eigenvalue weighted by Crippen LogP contribution is 2.20. The lowest BCUT2D eigenvalue weighted by Gasteiger charge is -2.25. The number of carbonyl (C=O) groups excluding carboxylic acids is 1. The summed E-state index contributed by atoms with van der Waals surface area (Å²) in [6, 6.07) is 8.55. The molecule has 1 atom stereocenters. The Bertz CT molecular complexity index is 515. The van der Waals surface area contributed by atoms with E-state index in [2.05, 4.69) is 37.5 Å². The summed E-state index contributed by atoms with van der Waals surface area (Å²) in [6.07, 6.45) is 0.695. The van der Waals surface area contributed by atoms with Gasteiger partial charge in [-0.1, -0.05) is 32.9 Å². The van der Waals surface area contributed by atoms with Gasteiger partial charge in [0.1, 0.15) is 0 Å². The van der Waals surface area contributed by atoms with Crippen molar-refractivity contribution in [1.29, 1.82) is 5.26 Å². The van der Waals surface area contributed by atoms with E-state index in [0.717, 1.165) is 5.56 Å². The number of nitrogens with one attached hydrogen (secondary N) is 2. The van der Waals surface area contributed by atoms with Crippen molar-refractivity contribution in [3.63, 3.8) is 0 Å². The molecular formula is C16H23N3O2. The van der Waals surface area contributed by atoms with Crippen molar-refractivity contribution in [2.45, 2.75) is 39.8 Å². The van der Waals surface area contributed by atoms with Gasteiger partial charge in [0, 0.05) is 6.54 Å². The highest BCUT2D eigenvalue weighted by atomic mass is 16.3. The van der Waals surface area contributed by atoms with Gasteiger partial charge >= 0.3 is 6.03 Å². The molecule has 1 aromatic carbocycles. The molecule has 21 heavy (non-hydrogen) atoms. The first kappa shape index (κ1) is 17.0. The third-order valence-electron chi connectivity index (χ3n) is 2.92. The van der Waals surface area contributed by atoms with Gasteiger partial charge in [0.25, 0.3) is 0 Å². The molecule has 5 heteroatoms. The normalized spacial score (nSPS) is 12.3. The maximum absolute atomic E-state index is 11.8. The summed E-state index contributed by atoms with van der Waals surface area (Å²) < 4.78 is 0. The fourth-order valence-electron chi connectivity index (χ4n) is 2.07. The summed E-state index contributed by atoms with van der Waals surface area (Å²) in [6.45, 7) is 6.43. The molecule has 0 spiro atoms. The zero-order valence-electron chi connectivity index (χ0n) is 12.8. The maximum Gasteiger partial charge on any atom is 0.315 e. The minimum atomic E-state index is -0.319. The van der Waals surface area contributed by atoms with Crippen LogP contribution in [0.4, 0.5) is 4.79 Å². The lowest BCUT2D eigenvalue weighted by Crippen LogP contribution is -2.45. The number of hydrogen-bond donors (Lipinski definition) is 3. The summed E-state index contributed by atoms with van der Waals surface area (Å²) in [4.78, 5) is 11.8. The van der Waals surface area contributed by atoms with Crippen LogP contribution in [0.3, 0.4) is 0 Å². The monoisotopic (exact) mass is 289 g/mol. The fraction of sp³-hybridized carbons (Fsp3) is 0.500. The predicted molar refractivity (Wildman–Crippen MR) is 81.5 cm³/mol. The molecule has 5 nitrogen and oxygen atoms in total. The molecule has 114 valence electrons. The van der Waals surface area contributed by atoms with Crippen LogP contribution in [0.2, 0.25) is 0 Å². The third-order valence-corrected chi connectivity index (χ3v) is 2.92. The Morgan fingerprint density at radius 2 is 2.14 bits per heavy atom. The van der Waals surface area contributed by atoms with Crippen LogP contribution in [-0.2, 0) is 6.54 Å². The molecule has 0 radical (unpaired) electrons. The zero-order valence-corrected chi connectivity index (χ0v) is 12.8. The molecular weight excluding hydrogens is 266 g/mol. The Balaban J connectivity index is 2.48. The molecule has 0 bridgehead atoms. The maximum atomic E-state index is 11.8. The van der Waals surface area contributed by atoms with E-state index in [1.165, 1.54) is 0 Å². The Labute approximate surface area is 126 Å². The van der Waals surface area contributed by atoms with Gasteiger partial charge in [-0.2, -0.15) is 5.26 Å². The molecule has 2 amide bonds. The van der Waals surface area contributed by atoms with Gasteiger partial charge in [0.15, 0.2) is 0 Å². The van der Waals surface area contributed by atoms with Gasteiger partial charge in [-0.05, 0) is 29.5 Å². The number of urea groups is 1. The van der Waals surface area contributed by atoms with Crippen LogP contribution in [0.5, 0.6) is 0 Å². The van der Waals surface area contributed by atoms with Crippen LogP contribution < -0.4 is 10.6 Å². The van der Waals surface area contributed by atoms with Crippen LogP contribution in [0.15, 0.2) is 24.3 Å². The Morgan fingerprint density at radius 3 is 2.71 bits per heavy atom.